The van der Waals surface area contributed by atoms with E-state index in [9.17, 15) is 22.8 Å². The van der Waals surface area contributed by atoms with E-state index >= 15 is 0 Å². The zero-order chi connectivity index (χ0) is 25.4. The van der Waals surface area contributed by atoms with Crippen molar-refractivity contribution in [1.29, 1.82) is 0 Å². The Morgan fingerprint density at radius 2 is 1.77 bits per heavy atom. The van der Waals surface area contributed by atoms with Crippen molar-refractivity contribution < 1.29 is 36.9 Å². The molecule has 1 N–H and O–H groups in total. The number of nitrogens with zero attached hydrogens (tertiary/aromatic N) is 3. The highest BCUT2D eigenvalue weighted by molar-refractivity contribution is 5.97. The van der Waals surface area contributed by atoms with Gasteiger partial charge in [-0.25, -0.2) is 0 Å². The lowest BCUT2D eigenvalue weighted by Gasteiger charge is -2.08. The molecule has 0 fully saturated rings. The molecule has 0 aliphatic heterocycles. The molecule has 0 radical (unpaired) electrons. The molecule has 0 saturated carbocycles. The van der Waals surface area contributed by atoms with Gasteiger partial charge in [0.15, 0.2) is 0 Å². The molecule has 1 aromatic heterocycles. The first-order valence-electron chi connectivity index (χ1n) is 10.3. The minimum atomic E-state index is -4.74. The summed E-state index contributed by atoms with van der Waals surface area (Å²) in [5.74, 6) is -2.47. The lowest BCUT2D eigenvalue weighted by atomic mass is 10.1. The lowest BCUT2D eigenvalue weighted by molar-refractivity contribution is -0.159. The second-order valence-electron chi connectivity index (χ2n) is 7.30. The van der Waals surface area contributed by atoms with Gasteiger partial charge < -0.3 is 19.4 Å². The van der Waals surface area contributed by atoms with Crippen LogP contribution >= 0.6 is 0 Å². The van der Waals surface area contributed by atoms with E-state index in [1.807, 2.05) is 12.1 Å². The molecule has 0 spiro atoms. The van der Waals surface area contributed by atoms with Gasteiger partial charge in [0, 0.05) is 11.1 Å². The molecule has 0 atom stereocenters. The van der Waals surface area contributed by atoms with Crippen molar-refractivity contribution in [2.45, 2.75) is 26.1 Å². The number of benzene rings is 2. The second-order valence-corrected chi connectivity index (χ2v) is 7.30. The van der Waals surface area contributed by atoms with E-state index in [1.165, 1.54) is 31.4 Å². The van der Waals surface area contributed by atoms with Crippen LogP contribution in [0.1, 0.15) is 34.3 Å². The standard InChI is InChI=1S/C23H21F3N4O5/c1-14(29-34-13-18-6-4-3-5-17(18)11-19(31)33-2)12-27-21(32)16-9-7-15(8-10-16)20-28-22(35-30-20)23(24,25)26/h3-10H,11-13H2,1-2H3,(H,27,32). The van der Waals surface area contributed by atoms with Gasteiger partial charge in [0.05, 0.1) is 25.8 Å². The number of alkyl halides is 3. The number of halogens is 3. The van der Waals surface area contributed by atoms with Gasteiger partial charge in [0.2, 0.25) is 5.82 Å². The van der Waals surface area contributed by atoms with Crippen molar-refractivity contribution in [3.05, 3.63) is 71.1 Å². The summed E-state index contributed by atoms with van der Waals surface area (Å²) in [6.07, 6.45) is -4.62. The highest BCUT2D eigenvalue weighted by atomic mass is 19.4. The van der Waals surface area contributed by atoms with Crippen LogP contribution in [0, 0.1) is 0 Å². The van der Waals surface area contributed by atoms with E-state index < -0.39 is 18.0 Å². The van der Waals surface area contributed by atoms with Crippen LogP contribution in [-0.2, 0) is 33.6 Å². The minimum absolute atomic E-state index is 0.101. The molecule has 3 aromatic rings. The molecular weight excluding hydrogens is 469 g/mol. The Kier molecular flexibility index (Phi) is 8.18. The van der Waals surface area contributed by atoms with Crippen LogP contribution in [0.2, 0.25) is 0 Å². The molecule has 9 nitrogen and oxygen atoms in total. The lowest BCUT2D eigenvalue weighted by Crippen LogP contribution is -2.28. The van der Waals surface area contributed by atoms with E-state index in [0.29, 0.717) is 5.71 Å². The maximum atomic E-state index is 12.6. The molecule has 35 heavy (non-hydrogen) atoms. The average molecular weight is 490 g/mol. The Bertz CT molecular complexity index is 1210. The highest BCUT2D eigenvalue weighted by Crippen LogP contribution is 2.29. The summed E-state index contributed by atoms with van der Waals surface area (Å²) in [5.41, 5.74) is 2.58. The summed E-state index contributed by atoms with van der Waals surface area (Å²) in [6, 6.07) is 12.9. The molecule has 0 aliphatic rings. The molecule has 0 bridgehead atoms. The van der Waals surface area contributed by atoms with E-state index in [2.05, 4.69) is 29.9 Å². The van der Waals surface area contributed by atoms with Crippen LogP contribution in [0.25, 0.3) is 11.4 Å². The van der Waals surface area contributed by atoms with Crippen LogP contribution in [0.4, 0.5) is 13.2 Å². The Morgan fingerprint density at radius 1 is 1.09 bits per heavy atom. The largest absolute Gasteiger partial charge is 0.471 e. The topological polar surface area (TPSA) is 116 Å². The number of hydrogen-bond donors (Lipinski definition) is 1. The maximum Gasteiger partial charge on any atom is 0.471 e. The van der Waals surface area contributed by atoms with Crippen molar-refractivity contribution in [1.82, 2.24) is 15.5 Å². The summed E-state index contributed by atoms with van der Waals surface area (Å²) < 4.78 is 46.7. The molecule has 12 heteroatoms. The van der Waals surface area contributed by atoms with Crippen LogP contribution < -0.4 is 5.32 Å². The molecule has 1 amide bonds. The first kappa shape index (κ1) is 25.4. The van der Waals surface area contributed by atoms with Crippen LogP contribution in [0.3, 0.4) is 0 Å². The van der Waals surface area contributed by atoms with Gasteiger partial charge in [-0.2, -0.15) is 18.2 Å². The Hall–Kier alpha value is -4.22. The smallest absolute Gasteiger partial charge is 0.469 e. The molecule has 1 heterocycles. The Morgan fingerprint density at radius 3 is 2.40 bits per heavy atom. The number of carbonyl (C=O) groups is 2. The third kappa shape index (κ3) is 7.13. The van der Waals surface area contributed by atoms with Gasteiger partial charge in [-0.05, 0) is 30.2 Å². The SMILES string of the molecule is COC(=O)Cc1ccccc1CON=C(C)CNC(=O)c1ccc(-c2noc(C(F)(F)F)n2)cc1. The summed E-state index contributed by atoms with van der Waals surface area (Å²) >= 11 is 0. The number of hydrogen-bond acceptors (Lipinski definition) is 8. The van der Waals surface area contributed by atoms with Gasteiger partial charge in [-0.15, -0.1) is 0 Å². The normalized spacial score (nSPS) is 11.7. The predicted molar refractivity (Wildman–Crippen MR) is 117 cm³/mol. The second kappa shape index (κ2) is 11.3. The molecule has 2 aromatic carbocycles. The number of nitrogens with one attached hydrogen (secondary N) is 1. The average Bonchev–Trinajstić information content (AvgIpc) is 3.35. The monoisotopic (exact) mass is 490 g/mol. The number of carbonyl (C=O) groups excluding carboxylic acids is 2. The zero-order valence-electron chi connectivity index (χ0n) is 18.8. The number of methoxy groups -OCH3 is 1. The molecule has 0 unspecified atom stereocenters. The van der Waals surface area contributed by atoms with Crippen molar-refractivity contribution in [3.63, 3.8) is 0 Å². The molecule has 3 rings (SSSR count). The first-order chi connectivity index (χ1) is 16.7. The molecule has 184 valence electrons. The van der Waals surface area contributed by atoms with Crippen molar-refractivity contribution >= 4 is 17.6 Å². The number of rotatable bonds is 9. The third-order valence-corrected chi connectivity index (χ3v) is 4.70. The van der Waals surface area contributed by atoms with Crippen LogP contribution in [-0.4, -0.2) is 41.4 Å². The number of esters is 1. The summed E-state index contributed by atoms with van der Waals surface area (Å²) in [5, 5.41) is 9.94. The highest BCUT2D eigenvalue weighted by Gasteiger charge is 2.38. The first-order valence-corrected chi connectivity index (χ1v) is 10.3. The van der Waals surface area contributed by atoms with Gasteiger partial charge in [0.25, 0.3) is 5.91 Å². The van der Waals surface area contributed by atoms with Gasteiger partial charge >= 0.3 is 18.0 Å². The Balaban J connectivity index is 1.51. The number of ether oxygens (including phenoxy) is 1. The fraction of sp³-hybridized carbons (Fsp3) is 0.261. The fourth-order valence-corrected chi connectivity index (χ4v) is 2.88. The minimum Gasteiger partial charge on any atom is -0.469 e. The number of oxime groups is 1. The van der Waals surface area contributed by atoms with Crippen LogP contribution in [0.15, 0.2) is 58.2 Å². The third-order valence-electron chi connectivity index (χ3n) is 4.70. The number of aromatic nitrogens is 2. The van der Waals surface area contributed by atoms with E-state index in [-0.39, 0.29) is 42.5 Å². The van der Waals surface area contributed by atoms with E-state index in [4.69, 9.17) is 4.84 Å². The summed E-state index contributed by atoms with van der Waals surface area (Å²) in [6.45, 7) is 1.90. The van der Waals surface area contributed by atoms with Crippen molar-refractivity contribution in [3.8, 4) is 11.4 Å². The molecular formula is C23H21F3N4O5. The van der Waals surface area contributed by atoms with Gasteiger partial charge in [0.1, 0.15) is 6.61 Å². The number of amides is 1. The van der Waals surface area contributed by atoms with Gasteiger partial charge in [-0.3, -0.25) is 9.59 Å². The van der Waals surface area contributed by atoms with Crippen LogP contribution in [0.5, 0.6) is 0 Å². The Labute approximate surface area is 197 Å². The van der Waals surface area contributed by atoms with E-state index in [1.54, 1.807) is 19.1 Å². The molecule has 0 aliphatic carbocycles. The summed E-state index contributed by atoms with van der Waals surface area (Å²) in [7, 11) is 1.32. The predicted octanol–water partition coefficient (Wildman–Crippen LogP) is 3.79. The quantitative estimate of drug-likeness (QED) is 0.276. The summed E-state index contributed by atoms with van der Waals surface area (Å²) in [4.78, 5) is 32.5. The maximum absolute atomic E-state index is 12.6. The fourth-order valence-electron chi connectivity index (χ4n) is 2.88. The van der Waals surface area contributed by atoms with Crippen molar-refractivity contribution in [2.75, 3.05) is 13.7 Å². The van der Waals surface area contributed by atoms with Gasteiger partial charge in [-0.1, -0.05) is 46.7 Å². The van der Waals surface area contributed by atoms with Crippen molar-refractivity contribution in [2.24, 2.45) is 5.16 Å². The zero-order valence-corrected chi connectivity index (χ0v) is 18.8. The van der Waals surface area contributed by atoms with E-state index in [0.717, 1.165) is 11.1 Å². The molecule has 0 saturated heterocycles.